The van der Waals surface area contributed by atoms with Gasteiger partial charge in [0.15, 0.2) is 0 Å². The van der Waals surface area contributed by atoms with Gasteiger partial charge in [-0.2, -0.15) is 0 Å². The average molecular weight is 199 g/mol. The maximum Gasteiger partial charge on any atom is 0.0539 e. The van der Waals surface area contributed by atoms with E-state index in [1.807, 2.05) is 43.6 Å². The first-order chi connectivity index (χ1) is 7.29. The number of aromatic nitrogens is 2. The molecule has 0 saturated carbocycles. The quantitative estimate of drug-likeness (QED) is 0.803. The summed E-state index contributed by atoms with van der Waals surface area (Å²) in [6.45, 7) is 2.45. The van der Waals surface area contributed by atoms with Crippen molar-refractivity contribution in [2.75, 3.05) is 0 Å². The van der Waals surface area contributed by atoms with Crippen molar-refractivity contribution in [2.45, 2.75) is 13.5 Å². The highest BCUT2D eigenvalue weighted by atomic mass is 14.7. The lowest BCUT2D eigenvalue weighted by Crippen LogP contribution is -1.98. The Hall–Kier alpha value is -1.74. The molecule has 15 heavy (non-hydrogen) atoms. The van der Waals surface area contributed by atoms with Crippen molar-refractivity contribution in [3.8, 4) is 11.1 Å². The zero-order chi connectivity index (χ0) is 10.7. The third-order valence-corrected chi connectivity index (χ3v) is 2.28. The van der Waals surface area contributed by atoms with Gasteiger partial charge in [-0.25, -0.2) is 0 Å². The Bertz CT molecular complexity index is 431. The third-order valence-electron chi connectivity index (χ3n) is 2.28. The van der Waals surface area contributed by atoms with Gasteiger partial charge in [0.1, 0.15) is 0 Å². The Morgan fingerprint density at radius 1 is 1.00 bits per heavy atom. The minimum atomic E-state index is 0.479. The van der Waals surface area contributed by atoms with Gasteiger partial charge in [-0.1, -0.05) is 12.1 Å². The maximum absolute atomic E-state index is 5.48. The first-order valence-corrected chi connectivity index (χ1v) is 4.87. The van der Waals surface area contributed by atoms with Crippen LogP contribution in [0.25, 0.3) is 11.1 Å². The SMILES string of the molecule is Cc1ccc(-c2ccc(CN)nc2)cn1. The van der Waals surface area contributed by atoms with E-state index in [2.05, 4.69) is 9.97 Å². The highest BCUT2D eigenvalue weighted by Gasteiger charge is 1.98. The van der Waals surface area contributed by atoms with Crippen LogP contribution in [0.1, 0.15) is 11.4 Å². The largest absolute Gasteiger partial charge is 0.325 e. The molecule has 0 spiro atoms. The summed E-state index contributed by atoms with van der Waals surface area (Å²) in [4.78, 5) is 8.49. The van der Waals surface area contributed by atoms with Gasteiger partial charge in [0.05, 0.1) is 5.69 Å². The molecule has 0 saturated heterocycles. The minimum Gasteiger partial charge on any atom is -0.325 e. The number of hydrogen-bond donors (Lipinski definition) is 1. The van der Waals surface area contributed by atoms with Crippen molar-refractivity contribution < 1.29 is 0 Å². The number of hydrogen-bond acceptors (Lipinski definition) is 3. The Kier molecular flexibility index (Phi) is 2.74. The fourth-order valence-corrected chi connectivity index (χ4v) is 1.35. The van der Waals surface area contributed by atoms with Gasteiger partial charge in [0.2, 0.25) is 0 Å². The lowest BCUT2D eigenvalue weighted by Gasteiger charge is -2.02. The molecule has 0 bridgehead atoms. The van der Waals surface area contributed by atoms with Crippen molar-refractivity contribution in [2.24, 2.45) is 5.73 Å². The molecule has 0 aliphatic rings. The zero-order valence-electron chi connectivity index (χ0n) is 8.64. The molecule has 3 heteroatoms. The molecule has 0 aliphatic carbocycles. The summed E-state index contributed by atoms with van der Waals surface area (Å²) in [5.41, 5.74) is 9.55. The highest BCUT2D eigenvalue weighted by molar-refractivity contribution is 5.61. The van der Waals surface area contributed by atoms with Gasteiger partial charge in [-0.3, -0.25) is 9.97 Å². The summed E-state index contributed by atoms with van der Waals surface area (Å²) in [6.07, 6.45) is 3.68. The maximum atomic E-state index is 5.48. The third kappa shape index (κ3) is 2.19. The normalized spacial score (nSPS) is 10.3. The molecule has 2 rings (SSSR count). The zero-order valence-corrected chi connectivity index (χ0v) is 8.64. The van der Waals surface area contributed by atoms with Crippen molar-refractivity contribution in [3.05, 3.63) is 48.0 Å². The summed E-state index contributed by atoms with van der Waals surface area (Å²) in [7, 11) is 0. The molecule has 0 amide bonds. The predicted molar refractivity (Wildman–Crippen MR) is 60.1 cm³/mol. The van der Waals surface area contributed by atoms with E-state index in [9.17, 15) is 0 Å². The van der Waals surface area contributed by atoms with E-state index in [0.29, 0.717) is 6.54 Å². The lowest BCUT2D eigenvalue weighted by molar-refractivity contribution is 0.991. The van der Waals surface area contributed by atoms with E-state index in [-0.39, 0.29) is 0 Å². The van der Waals surface area contributed by atoms with Crippen LogP contribution in [0.2, 0.25) is 0 Å². The van der Waals surface area contributed by atoms with Crippen LogP contribution in [0.5, 0.6) is 0 Å². The summed E-state index contributed by atoms with van der Waals surface area (Å²) >= 11 is 0. The fourth-order valence-electron chi connectivity index (χ4n) is 1.35. The Labute approximate surface area is 89.0 Å². The van der Waals surface area contributed by atoms with Crippen molar-refractivity contribution in [1.29, 1.82) is 0 Å². The van der Waals surface area contributed by atoms with Crippen molar-refractivity contribution >= 4 is 0 Å². The molecular weight excluding hydrogens is 186 g/mol. The molecule has 0 atom stereocenters. The van der Waals surface area contributed by atoms with Gasteiger partial charge < -0.3 is 5.73 Å². The Balaban J connectivity index is 2.33. The second-order valence-corrected chi connectivity index (χ2v) is 3.43. The molecule has 2 heterocycles. The average Bonchev–Trinajstić information content (AvgIpc) is 2.30. The van der Waals surface area contributed by atoms with Crippen LogP contribution in [0, 0.1) is 6.92 Å². The van der Waals surface area contributed by atoms with E-state index in [4.69, 9.17) is 5.73 Å². The molecule has 0 fully saturated rings. The molecule has 76 valence electrons. The lowest BCUT2D eigenvalue weighted by atomic mass is 10.1. The fraction of sp³-hybridized carbons (Fsp3) is 0.167. The number of aryl methyl sites for hydroxylation is 1. The van der Waals surface area contributed by atoms with Crippen LogP contribution in [-0.2, 0) is 6.54 Å². The molecule has 0 radical (unpaired) electrons. The summed E-state index contributed by atoms with van der Waals surface area (Å²) in [5, 5.41) is 0. The number of rotatable bonds is 2. The molecule has 2 aromatic rings. The molecule has 2 N–H and O–H groups in total. The van der Waals surface area contributed by atoms with Crippen LogP contribution in [-0.4, -0.2) is 9.97 Å². The summed E-state index contributed by atoms with van der Waals surface area (Å²) in [6, 6.07) is 7.99. The Morgan fingerprint density at radius 2 is 1.67 bits per heavy atom. The second kappa shape index (κ2) is 4.19. The van der Waals surface area contributed by atoms with Crippen LogP contribution in [0.3, 0.4) is 0 Å². The van der Waals surface area contributed by atoms with Gasteiger partial charge in [0.25, 0.3) is 0 Å². The van der Waals surface area contributed by atoms with Crippen LogP contribution in [0.4, 0.5) is 0 Å². The van der Waals surface area contributed by atoms with Crippen molar-refractivity contribution in [3.63, 3.8) is 0 Å². The molecule has 0 unspecified atom stereocenters. The molecule has 0 aliphatic heterocycles. The van der Waals surface area contributed by atoms with Gasteiger partial charge in [-0.15, -0.1) is 0 Å². The predicted octanol–water partition coefficient (Wildman–Crippen LogP) is 1.91. The molecule has 3 nitrogen and oxygen atoms in total. The van der Waals surface area contributed by atoms with Crippen LogP contribution in [0.15, 0.2) is 36.7 Å². The van der Waals surface area contributed by atoms with E-state index < -0.39 is 0 Å². The molecule has 0 aromatic carbocycles. The Morgan fingerprint density at radius 3 is 2.13 bits per heavy atom. The van der Waals surface area contributed by atoms with Crippen LogP contribution < -0.4 is 5.73 Å². The smallest absolute Gasteiger partial charge is 0.0539 e. The van der Waals surface area contributed by atoms with E-state index in [1.165, 1.54) is 0 Å². The highest BCUT2D eigenvalue weighted by Crippen LogP contribution is 2.17. The topological polar surface area (TPSA) is 51.8 Å². The minimum absolute atomic E-state index is 0.479. The van der Waals surface area contributed by atoms with E-state index in [1.54, 1.807) is 0 Å². The first kappa shape index (κ1) is 9.80. The summed E-state index contributed by atoms with van der Waals surface area (Å²) in [5.74, 6) is 0. The van der Waals surface area contributed by atoms with Gasteiger partial charge >= 0.3 is 0 Å². The second-order valence-electron chi connectivity index (χ2n) is 3.43. The number of nitrogens with two attached hydrogens (primary N) is 1. The standard InChI is InChI=1S/C12H13N3/c1-9-2-3-10(7-14-9)11-4-5-12(6-13)15-8-11/h2-5,7-8H,6,13H2,1H3. The monoisotopic (exact) mass is 199 g/mol. The van der Waals surface area contributed by atoms with E-state index >= 15 is 0 Å². The molecular formula is C12H13N3. The van der Waals surface area contributed by atoms with E-state index in [0.717, 1.165) is 22.5 Å². The number of nitrogens with zero attached hydrogens (tertiary/aromatic N) is 2. The first-order valence-electron chi connectivity index (χ1n) is 4.87. The van der Waals surface area contributed by atoms with Gasteiger partial charge in [-0.05, 0) is 19.1 Å². The molecule has 2 aromatic heterocycles. The summed E-state index contributed by atoms with van der Waals surface area (Å²) < 4.78 is 0. The number of pyridine rings is 2. The van der Waals surface area contributed by atoms with Crippen molar-refractivity contribution in [1.82, 2.24) is 9.97 Å². The van der Waals surface area contributed by atoms with Crippen LogP contribution >= 0.6 is 0 Å². The van der Waals surface area contributed by atoms with Gasteiger partial charge in [0, 0.05) is 35.8 Å².